The van der Waals surface area contributed by atoms with Crippen LogP contribution in [-0.4, -0.2) is 43.8 Å². The quantitative estimate of drug-likeness (QED) is 0.915. The second kappa shape index (κ2) is 7.30. The standard InChI is InChI=1S/C18H26N6/c1-2-5-16(4-1)23-12-15(13-24-17(14-23)7-11-22-24)6-10-21-18-19-8-3-9-20-18/h3,7-9,11,15-16H,1-2,4-6,10,12-14H2,(H,19,20,21)/t15-/m0/s1. The maximum absolute atomic E-state index is 4.54. The van der Waals surface area contributed by atoms with E-state index < -0.39 is 0 Å². The molecule has 1 aliphatic carbocycles. The normalized spacial score (nSPS) is 22.2. The van der Waals surface area contributed by atoms with Gasteiger partial charge in [0.1, 0.15) is 0 Å². The molecule has 0 saturated heterocycles. The smallest absolute Gasteiger partial charge is 0.222 e. The number of nitrogens with one attached hydrogen (secondary N) is 1. The Morgan fingerprint density at radius 1 is 1.08 bits per heavy atom. The Hall–Kier alpha value is -1.95. The summed E-state index contributed by atoms with van der Waals surface area (Å²) in [7, 11) is 0. The molecular weight excluding hydrogens is 300 g/mol. The van der Waals surface area contributed by atoms with Crippen molar-refractivity contribution < 1.29 is 0 Å². The lowest BCUT2D eigenvalue weighted by Crippen LogP contribution is -2.36. The maximum Gasteiger partial charge on any atom is 0.222 e. The summed E-state index contributed by atoms with van der Waals surface area (Å²) >= 11 is 0. The Labute approximate surface area is 143 Å². The van der Waals surface area contributed by atoms with Crippen molar-refractivity contribution in [1.29, 1.82) is 0 Å². The molecular formula is C18H26N6. The first kappa shape index (κ1) is 15.6. The highest BCUT2D eigenvalue weighted by atomic mass is 15.3. The van der Waals surface area contributed by atoms with Crippen molar-refractivity contribution >= 4 is 5.95 Å². The molecule has 1 saturated carbocycles. The Morgan fingerprint density at radius 3 is 2.75 bits per heavy atom. The number of fused-ring (bicyclic) bond motifs is 1. The van der Waals surface area contributed by atoms with E-state index in [0.717, 1.165) is 38.0 Å². The van der Waals surface area contributed by atoms with E-state index in [9.17, 15) is 0 Å². The van der Waals surface area contributed by atoms with Crippen LogP contribution in [0.25, 0.3) is 0 Å². The summed E-state index contributed by atoms with van der Waals surface area (Å²) in [5.41, 5.74) is 1.36. The summed E-state index contributed by atoms with van der Waals surface area (Å²) < 4.78 is 2.21. The van der Waals surface area contributed by atoms with Crippen molar-refractivity contribution in [1.82, 2.24) is 24.6 Å². The molecule has 0 aromatic carbocycles. The summed E-state index contributed by atoms with van der Waals surface area (Å²) in [6.45, 7) is 4.15. The largest absolute Gasteiger partial charge is 0.354 e. The third-order valence-corrected chi connectivity index (χ3v) is 5.34. The lowest BCUT2D eigenvalue weighted by Gasteiger charge is -2.29. The molecule has 0 spiro atoms. The second-order valence-electron chi connectivity index (χ2n) is 7.03. The molecule has 6 nitrogen and oxygen atoms in total. The van der Waals surface area contributed by atoms with E-state index in [1.807, 2.05) is 12.3 Å². The van der Waals surface area contributed by atoms with E-state index in [-0.39, 0.29) is 0 Å². The summed E-state index contributed by atoms with van der Waals surface area (Å²) in [5.74, 6) is 1.33. The van der Waals surface area contributed by atoms with Gasteiger partial charge in [0.15, 0.2) is 0 Å². The van der Waals surface area contributed by atoms with E-state index in [0.29, 0.717) is 5.92 Å². The van der Waals surface area contributed by atoms with Crippen LogP contribution in [0.5, 0.6) is 0 Å². The van der Waals surface area contributed by atoms with Crippen LogP contribution in [0.2, 0.25) is 0 Å². The zero-order valence-electron chi connectivity index (χ0n) is 14.1. The van der Waals surface area contributed by atoms with Crippen molar-refractivity contribution in [2.45, 2.75) is 51.2 Å². The second-order valence-corrected chi connectivity index (χ2v) is 7.03. The van der Waals surface area contributed by atoms with Gasteiger partial charge in [-0.3, -0.25) is 9.58 Å². The van der Waals surface area contributed by atoms with Gasteiger partial charge in [-0.15, -0.1) is 0 Å². The minimum atomic E-state index is 0.614. The third-order valence-electron chi connectivity index (χ3n) is 5.34. The fraction of sp³-hybridized carbons (Fsp3) is 0.611. The fourth-order valence-corrected chi connectivity index (χ4v) is 4.07. The Kier molecular flexibility index (Phi) is 4.74. The highest BCUT2D eigenvalue weighted by Crippen LogP contribution is 2.28. The van der Waals surface area contributed by atoms with Gasteiger partial charge in [0.2, 0.25) is 5.95 Å². The highest BCUT2D eigenvalue weighted by Gasteiger charge is 2.28. The molecule has 1 aliphatic heterocycles. The predicted molar refractivity (Wildman–Crippen MR) is 93.5 cm³/mol. The van der Waals surface area contributed by atoms with Gasteiger partial charge in [-0.2, -0.15) is 5.10 Å². The number of anilines is 1. The molecule has 128 valence electrons. The first-order chi connectivity index (χ1) is 11.9. The molecule has 0 bridgehead atoms. The lowest BCUT2D eigenvalue weighted by atomic mass is 10.0. The van der Waals surface area contributed by atoms with Crippen LogP contribution in [0, 0.1) is 5.92 Å². The van der Waals surface area contributed by atoms with Crippen LogP contribution in [0.15, 0.2) is 30.7 Å². The van der Waals surface area contributed by atoms with E-state index in [2.05, 4.69) is 36.0 Å². The molecule has 2 aromatic heterocycles. The minimum absolute atomic E-state index is 0.614. The van der Waals surface area contributed by atoms with E-state index in [1.165, 1.54) is 37.9 Å². The van der Waals surface area contributed by atoms with E-state index in [4.69, 9.17) is 0 Å². The van der Waals surface area contributed by atoms with Gasteiger partial charge in [-0.1, -0.05) is 12.8 Å². The van der Waals surface area contributed by atoms with Crippen molar-refractivity contribution in [3.05, 3.63) is 36.4 Å². The number of aromatic nitrogens is 4. The first-order valence-corrected chi connectivity index (χ1v) is 9.14. The number of rotatable bonds is 5. The van der Waals surface area contributed by atoms with Crippen LogP contribution in [-0.2, 0) is 13.1 Å². The first-order valence-electron chi connectivity index (χ1n) is 9.14. The SMILES string of the molecule is c1cnc(NCC[C@H]2CN(C3CCCC3)Cc3ccnn3C2)nc1. The topological polar surface area (TPSA) is 58.9 Å². The molecule has 1 N–H and O–H groups in total. The zero-order valence-corrected chi connectivity index (χ0v) is 14.1. The molecule has 3 heterocycles. The summed E-state index contributed by atoms with van der Waals surface area (Å²) in [6.07, 6.45) is 12.1. The van der Waals surface area contributed by atoms with Gasteiger partial charge in [-0.05, 0) is 37.3 Å². The zero-order chi connectivity index (χ0) is 16.2. The summed E-state index contributed by atoms with van der Waals surface area (Å²) in [5, 5.41) is 7.88. The van der Waals surface area contributed by atoms with Crippen LogP contribution in [0.4, 0.5) is 5.95 Å². The van der Waals surface area contributed by atoms with E-state index >= 15 is 0 Å². The van der Waals surface area contributed by atoms with Crippen molar-refractivity contribution in [3.8, 4) is 0 Å². The molecule has 1 atom stereocenters. The van der Waals surface area contributed by atoms with Gasteiger partial charge in [0.05, 0.1) is 5.69 Å². The number of nitrogens with zero attached hydrogens (tertiary/aromatic N) is 5. The van der Waals surface area contributed by atoms with Crippen LogP contribution >= 0.6 is 0 Å². The van der Waals surface area contributed by atoms with Gasteiger partial charge in [0, 0.05) is 50.8 Å². The molecule has 24 heavy (non-hydrogen) atoms. The van der Waals surface area contributed by atoms with Crippen LogP contribution in [0.3, 0.4) is 0 Å². The van der Waals surface area contributed by atoms with Crippen molar-refractivity contribution in [3.63, 3.8) is 0 Å². The molecule has 4 rings (SSSR count). The Bertz CT molecular complexity index is 634. The fourth-order valence-electron chi connectivity index (χ4n) is 4.07. The average molecular weight is 326 g/mol. The third kappa shape index (κ3) is 3.59. The molecule has 2 aliphatic rings. The number of hydrogen-bond acceptors (Lipinski definition) is 5. The molecule has 0 radical (unpaired) electrons. The van der Waals surface area contributed by atoms with Crippen molar-refractivity contribution in [2.24, 2.45) is 5.92 Å². The minimum Gasteiger partial charge on any atom is -0.354 e. The number of hydrogen-bond donors (Lipinski definition) is 1. The molecule has 0 unspecified atom stereocenters. The van der Waals surface area contributed by atoms with Gasteiger partial charge < -0.3 is 5.32 Å². The van der Waals surface area contributed by atoms with Crippen molar-refractivity contribution in [2.75, 3.05) is 18.4 Å². The summed E-state index contributed by atoms with van der Waals surface area (Å²) in [6, 6.07) is 4.79. The molecule has 1 fully saturated rings. The Morgan fingerprint density at radius 2 is 1.92 bits per heavy atom. The Balaban J connectivity index is 1.39. The van der Waals surface area contributed by atoms with Gasteiger partial charge in [0.25, 0.3) is 0 Å². The highest BCUT2D eigenvalue weighted by molar-refractivity contribution is 5.21. The predicted octanol–water partition coefficient (Wildman–Crippen LogP) is 2.55. The molecule has 2 aromatic rings. The van der Waals surface area contributed by atoms with Gasteiger partial charge >= 0.3 is 0 Å². The monoisotopic (exact) mass is 326 g/mol. The van der Waals surface area contributed by atoms with Crippen LogP contribution in [0.1, 0.15) is 37.8 Å². The molecule has 6 heteroatoms. The van der Waals surface area contributed by atoms with E-state index in [1.54, 1.807) is 12.4 Å². The van der Waals surface area contributed by atoms with Gasteiger partial charge in [-0.25, -0.2) is 9.97 Å². The lowest BCUT2D eigenvalue weighted by molar-refractivity contribution is 0.163. The van der Waals surface area contributed by atoms with Crippen LogP contribution < -0.4 is 5.32 Å². The average Bonchev–Trinajstić information content (AvgIpc) is 3.25. The maximum atomic E-state index is 4.54. The molecule has 0 amide bonds. The summed E-state index contributed by atoms with van der Waals surface area (Å²) in [4.78, 5) is 11.2.